The number of hydrogen-bond acceptors (Lipinski definition) is 3. The number of nitrogens with two attached hydrogens (primary N) is 1. The molecule has 1 aliphatic carbocycles. The Kier molecular flexibility index (Phi) is 5.30. The first-order valence-electron chi connectivity index (χ1n) is 7.41. The fourth-order valence-electron chi connectivity index (χ4n) is 3.02. The molecule has 3 N–H and O–H groups in total. The number of hydrogen-bond donors (Lipinski definition) is 2. The highest BCUT2D eigenvalue weighted by Crippen LogP contribution is 2.34. The molecule has 1 saturated carbocycles. The lowest BCUT2D eigenvalue weighted by molar-refractivity contribution is 0.0618. The molecule has 0 radical (unpaired) electrons. The van der Waals surface area contributed by atoms with Crippen LogP contribution in [0.25, 0.3) is 0 Å². The summed E-state index contributed by atoms with van der Waals surface area (Å²) < 4.78 is 0. The molecule has 0 bridgehead atoms. The average molecular weight is 297 g/mol. The van der Waals surface area contributed by atoms with Crippen molar-refractivity contribution < 1.29 is 5.11 Å². The van der Waals surface area contributed by atoms with Gasteiger partial charge in [-0.05, 0) is 36.5 Å². The van der Waals surface area contributed by atoms with Gasteiger partial charge in [0.05, 0.1) is 12.1 Å². The van der Waals surface area contributed by atoms with Gasteiger partial charge in [-0.2, -0.15) is 0 Å². The zero-order valence-corrected chi connectivity index (χ0v) is 13.1. The highest BCUT2D eigenvalue weighted by Gasteiger charge is 2.28. The summed E-state index contributed by atoms with van der Waals surface area (Å²) in [7, 11) is 3.95. The smallest absolute Gasteiger partial charge is 0.0761 e. The fraction of sp³-hybridized carbons (Fsp3) is 0.625. The molecule has 0 saturated heterocycles. The van der Waals surface area contributed by atoms with Gasteiger partial charge in [0, 0.05) is 24.8 Å². The van der Waals surface area contributed by atoms with Crippen molar-refractivity contribution in [2.24, 2.45) is 11.7 Å². The van der Waals surface area contributed by atoms with Gasteiger partial charge >= 0.3 is 0 Å². The third kappa shape index (κ3) is 3.46. The number of rotatable bonds is 4. The minimum atomic E-state index is -0.502. The van der Waals surface area contributed by atoms with Crippen LogP contribution in [0.3, 0.4) is 0 Å². The summed E-state index contributed by atoms with van der Waals surface area (Å²) in [5.41, 5.74) is 8.13. The first-order valence-corrected chi connectivity index (χ1v) is 7.79. The van der Waals surface area contributed by atoms with Crippen molar-refractivity contribution in [1.29, 1.82) is 0 Å². The third-order valence-corrected chi connectivity index (χ3v) is 4.69. The van der Waals surface area contributed by atoms with Gasteiger partial charge in [0.15, 0.2) is 0 Å². The standard InChI is InChI=1S/C16H25ClN2O/c1-19(2)12-8-9-13(14(17)10-12)15(18)16(20)11-6-4-3-5-7-11/h8-11,15-16,20H,3-7,18H2,1-2H3/t15-,16+/m1/s1. The molecule has 112 valence electrons. The summed E-state index contributed by atoms with van der Waals surface area (Å²) >= 11 is 6.33. The molecule has 0 unspecified atom stereocenters. The number of aliphatic hydroxyl groups is 1. The van der Waals surface area contributed by atoms with E-state index in [9.17, 15) is 5.11 Å². The summed E-state index contributed by atoms with van der Waals surface area (Å²) in [4.78, 5) is 2.00. The van der Waals surface area contributed by atoms with Crippen LogP contribution in [0.4, 0.5) is 5.69 Å². The van der Waals surface area contributed by atoms with Crippen molar-refractivity contribution in [2.75, 3.05) is 19.0 Å². The van der Waals surface area contributed by atoms with Crippen molar-refractivity contribution >= 4 is 17.3 Å². The molecule has 1 fully saturated rings. The number of anilines is 1. The van der Waals surface area contributed by atoms with Crippen molar-refractivity contribution in [3.05, 3.63) is 28.8 Å². The van der Waals surface area contributed by atoms with Crippen molar-refractivity contribution in [3.63, 3.8) is 0 Å². The van der Waals surface area contributed by atoms with Gasteiger partial charge in [-0.3, -0.25) is 0 Å². The Labute approximate surface area is 126 Å². The van der Waals surface area contributed by atoms with E-state index in [-0.39, 0.29) is 0 Å². The highest BCUT2D eigenvalue weighted by atomic mass is 35.5. The molecule has 1 aliphatic rings. The summed E-state index contributed by atoms with van der Waals surface area (Å²) in [6.45, 7) is 0. The van der Waals surface area contributed by atoms with E-state index in [1.807, 2.05) is 37.2 Å². The molecule has 1 aromatic carbocycles. The van der Waals surface area contributed by atoms with Gasteiger partial charge in [-0.1, -0.05) is 36.9 Å². The second-order valence-corrected chi connectivity index (χ2v) is 6.42. The van der Waals surface area contributed by atoms with Crippen LogP contribution < -0.4 is 10.6 Å². The van der Waals surface area contributed by atoms with Crippen LogP contribution in [0, 0.1) is 5.92 Å². The number of nitrogens with zero attached hydrogens (tertiary/aromatic N) is 1. The van der Waals surface area contributed by atoms with Crippen LogP contribution in [-0.4, -0.2) is 25.3 Å². The van der Waals surface area contributed by atoms with Crippen LogP contribution in [0.5, 0.6) is 0 Å². The topological polar surface area (TPSA) is 49.5 Å². The molecule has 2 rings (SSSR count). The summed E-state index contributed by atoms with van der Waals surface area (Å²) in [6, 6.07) is 5.44. The van der Waals surface area contributed by atoms with Gasteiger partial charge < -0.3 is 15.7 Å². The molecule has 1 aromatic rings. The Morgan fingerprint density at radius 1 is 1.25 bits per heavy atom. The largest absolute Gasteiger partial charge is 0.391 e. The normalized spacial score (nSPS) is 19.6. The first-order chi connectivity index (χ1) is 9.50. The van der Waals surface area contributed by atoms with Crippen LogP contribution in [0.2, 0.25) is 5.02 Å². The van der Waals surface area contributed by atoms with Crippen LogP contribution in [-0.2, 0) is 0 Å². The third-order valence-electron chi connectivity index (χ3n) is 4.36. The lowest BCUT2D eigenvalue weighted by atomic mass is 9.81. The quantitative estimate of drug-likeness (QED) is 0.896. The van der Waals surface area contributed by atoms with Crippen molar-refractivity contribution in [3.8, 4) is 0 Å². The Bertz CT molecular complexity index is 444. The summed E-state index contributed by atoms with van der Waals surface area (Å²) in [6.07, 6.45) is 5.31. The molecule has 20 heavy (non-hydrogen) atoms. The molecule has 0 heterocycles. The average Bonchev–Trinajstić information content (AvgIpc) is 2.46. The zero-order valence-electron chi connectivity index (χ0n) is 12.3. The number of aliphatic hydroxyl groups excluding tert-OH is 1. The Morgan fingerprint density at radius 2 is 1.90 bits per heavy atom. The van der Waals surface area contributed by atoms with E-state index in [2.05, 4.69) is 0 Å². The maximum atomic E-state index is 10.5. The van der Waals surface area contributed by atoms with Crippen LogP contribution >= 0.6 is 11.6 Å². The second-order valence-electron chi connectivity index (χ2n) is 6.01. The Morgan fingerprint density at radius 3 is 2.45 bits per heavy atom. The predicted molar refractivity (Wildman–Crippen MR) is 85.3 cm³/mol. The van der Waals surface area contributed by atoms with E-state index < -0.39 is 12.1 Å². The predicted octanol–water partition coefficient (Wildman–Crippen LogP) is 3.35. The van der Waals surface area contributed by atoms with Crippen molar-refractivity contribution in [1.82, 2.24) is 0 Å². The summed E-state index contributed by atoms with van der Waals surface area (Å²) in [5.74, 6) is 0.309. The monoisotopic (exact) mass is 296 g/mol. The maximum Gasteiger partial charge on any atom is 0.0761 e. The van der Waals surface area contributed by atoms with Gasteiger partial charge in [0.1, 0.15) is 0 Å². The minimum Gasteiger partial charge on any atom is -0.391 e. The van der Waals surface area contributed by atoms with Crippen LogP contribution in [0.15, 0.2) is 18.2 Å². The van der Waals surface area contributed by atoms with Gasteiger partial charge in [0.25, 0.3) is 0 Å². The number of halogens is 1. The summed E-state index contributed by atoms with van der Waals surface area (Å²) in [5, 5.41) is 11.1. The lowest BCUT2D eigenvalue weighted by Crippen LogP contribution is -2.34. The van der Waals surface area contributed by atoms with E-state index in [0.29, 0.717) is 10.9 Å². The van der Waals surface area contributed by atoms with Crippen molar-refractivity contribution in [2.45, 2.75) is 44.2 Å². The lowest BCUT2D eigenvalue weighted by Gasteiger charge is -2.31. The molecule has 3 nitrogen and oxygen atoms in total. The van der Waals surface area contributed by atoms with E-state index in [1.165, 1.54) is 19.3 Å². The maximum absolute atomic E-state index is 10.5. The Hall–Kier alpha value is -0.770. The minimum absolute atomic E-state index is 0.309. The van der Waals surface area contributed by atoms with Crippen LogP contribution in [0.1, 0.15) is 43.7 Å². The molecule has 2 atom stereocenters. The fourth-order valence-corrected chi connectivity index (χ4v) is 3.32. The van der Waals surface area contributed by atoms with Gasteiger partial charge in [-0.25, -0.2) is 0 Å². The molecule has 0 amide bonds. The molecular formula is C16H25ClN2O. The molecule has 0 aromatic heterocycles. The van der Waals surface area contributed by atoms with E-state index in [4.69, 9.17) is 17.3 Å². The molecule has 0 aliphatic heterocycles. The second kappa shape index (κ2) is 6.79. The van der Waals surface area contributed by atoms with E-state index in [1.54, 1.807) is 0 Å². The van der Waals surface area contributed by atoms with Gasteiger partial charge in [0.2, 0.25) is 0 Å². The molecule has 0 spiro atoms. The van der Waals surface area contributed by atoms with Gasteiger partial charge in [-0.15, -0.1) is 0 Å². The first kappa shape index (κ1) is 15.6. The zero-order chi connectivity index (χ0) is 14.7. The Balaban J connectivity index is 2.13. The van der Waals surface area contributed by atoms with E-state index >= 15 is 0 Å². The molecule has 4 heteroatoms. The van der Waals surface area contributed by atoms with E-state index in [0.717, 1.165) is 24.1 Å². The number of benzene rings is 1. The molecular weight excluding hydrogens is 272 g/mol. The SMILES string of the molecule is CN(C)c1ccc([C@@H](N)[C@@H](O)C2CCCCC2)c(Cl)c1. The highest BCUT2D eigenvalue weighted by molar-refractivity contribution is 6.31.